The van der Waals surface area contributed by atoms with Crippen molar-refractivity contribution in [3.8, 4) is 0 Å². The number of hydrogen-bond donors (Lipinski definition) is 0. The summed E-state index contributed by atoms with van der Waals surface area (Å²) in [6, 6.07) is 16.4. The van der Waals surface area contributed by atoms with E-state index in [-0.39, 0.29) is 42.1 Å². The van der Waals surface area contributed by atoms with Crippen LogP contribution in [0.5, 0.6) is 0 Å². The Balaban J connectivity index is 1.72. The Morgan fingerprint density at radius 1 is 0.840 bits per heavy atom. The summed E-state index contributed by atoms with van der Waals surface area (Å²) in [5, 5.41) is 0.981. The smallest absolute Gasteiger partial charge is 0.258 e. The summed E-state index contributed by atoms with van der Waals surface area (Å²) in [7, 11) is 0. The van der Waals surface area contributed by atoms with E-state index in [9.17, 15) is 9.59 Å². The molecule has 0 radical (unpaired) electrons. The molecule has 0 spiro atoms. The molecule has 4 aliphatic rings. The van der Waals surface area contributed by atoms with E-state index in [1.54, 1.807) is 6.08 Å². The monoisotopic (exact) mass is 331 g/mol. The van der Waals surface area contributed by atoms with Crippen molar-refractivity contribution >= 4 is 11.8 Å². The molecule has 2 aromatic rings. The van der Waals surface area contributed by atoms with E-state index in [1.807, 2.05) is 24.3 Å². The third kappa shape index (κ3) is 1.75. The molecular weight excluding hydrogens is 314 g/mol. The summed E-state index contributed by atoms with van der Waals surface area (Å²) < 4.78 is 0. The Morgan fingerprint density at radius 3 is 1.60 bits per heavy atom. The first kappa shape index (κ1) is 14.6. The highest BCUT2D eigenvalue weighted by atomic mass is 16.7. The molecule has 124 valence electrons. The normalized spacial score (nSPS) is 28.6. The fourth-order valence-electron chi connectivity index (χ4n) is 4.90. The Kier molecular flexibility index (Phi) is 3.00. The average molecular weight is 331 g/mol. The zero-order chi connectivity index (χ0) is 17.1. The van der Waals surface area contributed by atoms with Crippen molar-refractivity contribution in [2.75, 3.05) is 6.61 Å². The van der Waals surface area contributed by atoms with Crippen LogP contribution in [0.15, 0.2) is 61.2 Å². The molecule has 2 amide bonds. The molecule has 1 heterocycles. The highest BCUT2D eigenvalue weighted by Crippen LogP contribution is 2.60. The number of carbonyl (C=O) groups is 2. The minimum Gasteiger partial charge on any atom is -0.272 e. The van der Waals surface area contributed by atoms with Gasteiger partial charge in [-0.1, -0.05) is 54.6 Å². The van der Waals surface area contributed by atoms with Crippen molar-refractivity contribution in [1.29, 1.82) is 0 Å². The van der Waals surface area contributed by atoms with Crippen molar-refractivity contribution in [2.24, 2.45) is 11.8 Å². The Bertz CT molecular complexity index is 803. The fourth-order valence-corrected chi connectivity index (χ4v) is 4.90. The molecule has 1 aliphatic heterocycles. The lowest BCUT2D eigenvalue weighted by atomic mass is 9.55. The Hall–Kier alpha value is -2.72. The molecule has 2 atom stereocenters. The second-order valence-electron chi connectivity index (χ2n) is 6.82. The molecular formula is C21H17NO3. The van der Waals surface area contributed by atoms with Gasteiger partial charge < -0.3 is 0 Å². The third-order valence-corrected chi connectivity index (χ3v) is 5.73. The largest absolute Gasteiger partial charge is 0.272 e. The number of imide groups is 1. The third-order valence-electron chi connectivity index (χ3n) is 5.73. The SMILES string of the molecule is C=CCON1C(=O)[C@@H]2C3c4ccccc4C(c4ccccc43)[C@@H]2C1=O. The van der Waals surface area contributed by atoms with Crippen molar-refractivity contribution < 1.29 is 14.4 Å². The summed E-state index contributed by atoms with van der Waals surface area (Å²) in [5.74, 6) is -1.39. The van der Waals surface area contributed by atoms with Gasteiger partial charge in [-0.15, -0.1) is 6.58 Å². The number of hydrogen-bond acceptors (Lipinski definition) is 3. The van der Waals surface area contributed by atoms with Crippen LogP contribution in [-0.4, -0.2) is 23.5 Å². The molecule has 0 unspecified atom stereocenters. The van der Waals surface area contributed by atoms with Crippen molar-refractivity contribution in [1.82, 2.24) is 5.06 Å². The maximum atomic E-state index is 13.0. The van der Waals surface area contributed by atoms with E-state index in [2.05, 4.69) is 30.8 Å². The summed E-state index contributed by atoms with van der Waals surface area (Å²) in [6.07, 6.45) is 1.54. The van der Waals surface area contributed by atoms with E-state index in [0.29, 0.717) is 0 Å². The summed E-state index contributed by atoms with van der Waals surface area (Å²) in [6.45, 7) is 3.74. The standard InChI is InChI=1S/C21H17NO3/c1-2-11-25-22-20(23)18-16-12-7-3-4-8-13(12)17(19(18)21(22)24)15-10-6-5-9-14(15)16/h2-10,16-19H,1,11H2/t16?,17?,18-,19+. The van der Waals surface area contributed by atoms with Crippen molar-refractivity contribution in [3.05, 3.63) is 83.4 Å². The molecule has 4 heteroatoms. The van der Waals surface area contributed by atoms with Gasteiger partial charge in [-0.2, -0.15) is 5.06 Å². The van der Waals surface area contributed by atoms with Crippen LogP contribution >= 0.6 is 0 Å². The topological polar surface area (TPSA) is 46.6 Å². The predicted octanol–water partition coefficient (Wildman–Crippen LogP) is 3.00. The van der Waals surface area contributed by atoms with Crippen molar-refractivity contribution in [2.45, 2.75) is 11.8 Å². The second-order valence-corrected chi connectivity index (χ2v) is 6.82. The van der Waals surface area contributed by atoms with Crippen molar-refractivity contribution in [3.63, 3.8) is 0 Å². The van der Waals surface area contributed by atoms with Crippen LogP contribution in [0.3, 0.4) is 0 Å². The number of carbonyl (C=O) groups excluding carboxylic acids is 2. The summed E-state index contributed by atoms with van der Waals surface area (Å²) in [5.41, 5.74) is 4.66. The highest BCUT2D eigenvalue weighted by Gasteiger charge is 2.62. The molecule has 1 saturated heterocycles. The van der Waals surface area contributed by atoms with E-state index >= 15 is 0 Å². The molecule has 1 fully saturated rings. The summed E-state index contributed by atoms with van der Waals surface area (Å²) >= 11 is 0. The predicted molar refractivity (Wildman–Crippen MR) is 91.6 cm³/mol. The van der Waals surface area contributed by atoms with Gasteiger partial charge in [0.05, 0.1) is 18.4 Å². The zero-order valence-electron chi connectivity index (χ0n) is 13.6. The lowest BCUT2D eigenvalue weighted by Crippen LogP contribution is -2.41. The summed E-state index contributed by atoms with van der Waals surface area (Å²) in [4.78, 5) is 31.4. The number of amides is 2. The zero-order valence-corrected chi connectivity index (χ0v) is 13.6. The molecule has 25 heavy (non-hydrogen) atoms. The van der Waals surface area contributed by atoms with Gasteiger partial charge in [0, 0.05) is 11.8 Å². The van der Waals surface area contributed by atoms with Gasteiger partial charge in [-0.25, -0.2) is 0 Å². The molecule has 0 saturated carbocycles. The maximum Gasteiger partial charge on any atom is 0.258 e. The van der Waals surface area contributed by atoms with E-state index < -0.39 is 0 Å². The number of hydroxylamine groups is 2. The van der Waals surface area contributed by atoms with Gasteiger partial charge in [-0.05, 0) is 22.3 Å². The van der Waals surface area contributed by atoms with Gasteiger partial charge in [0.25, 0.3) is 11.8 Å². The quantitative estimate of drug-likeness (QED) is 0.642. The van der Waals surface area contributed by atoms with Gasteiger partial charge in [-0.3, -0.25) is 14.4 Å². The van der Waals surface area contributed by atoms with Gasteiger partial charge in [0.1, 0.15) is 0 Å². The van der Waals surface area contributed by atoms with Crippen LogP contribution in [0.4, 0.5) is 0 Å². The molecule has 4 nitrogen and oxygen atoms in total. The minimum absolute atomic E-state index is 0.0869. The lowest BCUT2D eigenvalue weighted by Gasteiger charge is -2.45. The van der Waals surface area contributed by atoms with Crippen LogP contribution < -0.4 is 0 Å². The van der Waals surface area contributed by atoms with Crippen LogP contribution in [0.25, 0.3) is 0 Å². The number of nitrogens with zero attached hydrogens (tertiary/aromatic N) is 1. The fraction of sp³-hybridized carbons (Fsp3) is 0.238. The van der Waals surface area contributed by atoms with Gasteiger partial charge >= 0.3 is 0 Å². The minimum atomic E-state index is -0.382. The first-order chi connectivity index (χ1) is 12.2. The highest BCUT2D eigenvalue weighted by molar-refractivity contribution is 6.06. The number of benzene rings is 2. The second kappa shape index (κ2) is 5.14. The van der Waals surface area contributed by atoms with Gasteiger partial charge in [0.2, 0.25) is 0 Å². The molecule has 2 bridgehead atoms. The molecule has 0 N–H and O–H groups in total. The van der Waals surface area contributed by atoms with Crippen LogP contribution in [0, 0.1) is 11.8 Å². The number of rotatable bonds is 3. The van der Waals surface area contributed by atoms with Crippen LogP contribution in [0.1, 0.15) is 34.1 Å². The van der Waals surface area contributed by atoms with E-state index in [1.165, 1.54) is 22.3 Å². The van der Waals surface area contributed by atoms with Crippen LogP contribution in [0.2, 0.25) is 0 Å². The first-order valence-corrected chi connectivity index (χ1v) is 8.53. The maximum absolute atomic E-state index is 13.0. The molecule has 6 rings (SSSR count). The van der Waals surface area contributed by atoms with E-state index in [0.717, 1.165) is 5.06 Å². The van der Waals surface area contributed by atoms with Crippen LogP contribution in [-0.2, 0) is 14.4 Å². The first-order valence-electron chi connectivity index (χ1n) is 8.53. The lowest BCUT2D eigenvalue weighted by molar-refractivity contribution is -0.186. The van der Waals surface area contributed by atoms with Gasteiger partial charge in [0.15, 0.2) is 0 Å². The Labute approximate surface area is 145 Å². The average Bonchev–Trinajstić information content (AvgIpc) is 2.91. The molecule has 3 aliphatic carbocycles. The Morgan fingerprint density at radius 2 is 1.24 bits per heavy atom. The van der Waals surface area contributed by atoms with E-state index in [4.69, 9.17) is 4.84 Å². The molecule has 0 aromatic heterocycles. The molecule has 2 aromatic carbocycles.